The summed E-state index contributed by atoms with van der Waals surface area (Å²) >= 11 is 0. The molecule has 2 aromatic carbocycles. The van der Waals surface area contributed by atoms with Gasteiger partial charge in [0.25, 0.3) is 0 Å². The molecule has 17 heavy (non-hydrogen) atoms. The van der Waals surface area contributed by atoms with E-state index in [0.29, 0.717) is 0 Å². The van der Waals surface area contributed by atoms with Gasteiger partial charge in [-0.25, -0.2) is 4.39 Å². The molecule has 0 aromatic heterocycles. The number of halogens is 1. The molecule has 0 heterocycles. The number of phenolic OH excluding ortho intramolecular Hbond substituents is 1. The van der Waals surface area contributed by atoms with Gasteiger partial charge in [-0.1, -0.05) is 23.8 Å². The second kappa shape index (κ2) is 4.37. The predicted molar refractivity (Wildman–Crippen MR) is 62.7 cm³/mol. The minimum absolute atomic E-state index is 0.0927. The molecule has 0 spiro atoms. The van der Waals surface area contributed by atoms with Gasteiger partial charge in [0.1, 0.15) is 11.6 Å². The third kappa shape index (κ3) is 2.33. The van der Waals surface area contributed by atoms with Crippen molar-refractivity contribution in [3.63, 3.8) is 0 Å². The molecule has 2 nitrogen and oxygen atoms in total. The lowest BCUT2D eigenvalue weighted by molar-refractivity contribution is 0.103. The number of hydrogen-bond acceptors (Lipinski definition) is 2. The van der Waals surface area contributed by atoms with Crippen molar-refractivity contribution in [2.24, 2.45) is 0 Å². The monoisotopic (exact) mass is 230 g/mol. The van der Waals surface area contributed by atoms with Crippen LogP contribution in [0.2, 0.25) is 0 Å². The molecule has 0 saturated heterocycles. The maximum absolute atomic E-state index is 13.0. The molecule has 0 unspecified atom stereocenters. The fourth-order valence-electron chi connectivity index (χ4n) is 1.62. The van der Waals surface area contributed by atoms with Crippen molar-refractivity contribution in [2.45, 2.75) is 6.92 Å². The lowest BCUT2D eigenvalue weighted by Gasteiger charge is -2.05. The van der Waals surface area contributed by atoms with E-state index in [2.05, 4.69) is 0 Å². The van der Waals surface area contributed by atoms with Gasteiger partial charge < -0.3 is 5.11 Å². The van der Waals surface area contributed by atoms with Crippen LogP contribution in [0.25, 0.3) is 0 Å². The van der Waals surface area contributed by atoms with Crippen molar-refractivity contribution in [3.05, 3.63) is 65.0 Å². The van der Waals surface area contributed by atoms with Crippen molar-refractivity contribution in [1.82, 2.24) is 0 Å². The Labute approximate surface area is 98.3 Å². The van der Waals surface area contributed by atoms with Crippen molar-refractivity contribution >= 4 is 5.78 Å². The average Bonchev–Trinajstić information content (AvgIpc) is 2.31. The summed E-state index contributed by atoms with van der Waals surface area (Å²) in [6.07, 6.45) is 0. The fraction of sp³-hybridized carbons (Fsp3) is 0.0714. The number of rotatable bonds is 2. The zero-order valence-electron chi connectivity index (χ0n) is 9.27. The molecule has 0 bridgehead atoms. The number of ketones is 1. The molecule has 0 aliphatic carbocycles. The van der Waals surface area contributed by atoms with E-state index < -0.39 is 5.82 Å². The highest BCUT2D eigenvalue weighted by Gasteiger charge is 2.13. The Morgan fingerprint density at radius 1 is 1.18 bits per heavy atom. The molecule has 86 valence electrons. The predicted octanol–water partition coefficient (Wildman–Crippen LogP) is 3.07. The van der Waals surface area contributed by atoms with E-state index in [0.717, 1.165) is 11.6 Å². The Morgan fingerprint density at radius 3 is 2.65 bits per heavy atom. The first-order valence-corrected chi connectivity index (χ1v) is 5.18. The molecule has 0 atom stereocenters. The standard InChI is InChI=1S/C14H11FO2/c1-9-5-6-13(16)12(7-9)14(17)10-3-2-4-11(15)8-10/h2-8,16H,1H3. The van der Waals surface area contributed by atoms with Crippen LogP contribution in [0.15, 0.2) is 42.5 Å². The number of hydrogen-bond donors (Lipinski definition) is 1. The number of aryl methyl sites for hydroxylation is 1. The zero-order chi connectivity index (χ0) is 12.4. The lowest BCUT2D eigenvalue weighted by Crippen LogP contribution is -2.02. The minimum Gasteiger partial charge on any atom is -0.507 e. The second-order valence-corrected chi connectivity index (χ2v) is 3.86. The van der Waals surface area contributed by atoms with Gasteiger partial charge in [-0.05, 0) is 31.2 Å². The van der Waals surface area contributed by atoms with E-state index in [1.807, 2.05) is 6.92 Å². The van der Waals surface area contributed by atoms with Crippen LogP contribution in [-0.4, -0.2) is 10.9 Å². The molecular formula is C14H11FO2. The van der Waals surface area contributed by atoms with Gasteiger partial charge in [0.2, 0.25) is 0 Å². The van der Waals surface area contributed by atoms with Crippen molar-refractivity contribution in [1.29, 1.82) is 0 Å². The summed E-state index contributed by atoms with van der Waals surface area (Å²) in [5.41, 5.74) is 1.28. The third-order valence-electron chi connectivity index (χ3n) is 2.48. The summed E-state index contributed by atoms with van der Waals surface area (Å²) in [5.74, 6) is -0.946. The van der Waals surface area contributed by atoms with Crippen LogP contribution in [0.3, 0.4) is 0 Å². The van der Waals surface area contributed by atoms with Gasteiger partial charge in [0.05, 0.1) is 5.56 Å². The molecule has 0 amide bonds. The van der Waals surface area contributed by atoms with Crippen LogP contribution in [0.1, 0.15) is 21.5 Å². The number of carbonyl (C=O) groups is 1. The molecular weight excluding hydrogens is 219 g/mol. The Kier molecular flexibility index (Phi) is 2.91. The van der Waals surface area contributed by atoms with E-state index >= 15 is 0 Å². The molecule has 0 aliphatic heterocycles. The smallest absolute Gasteiger partial charge is 0.196 e. The number of carbonyl (C=O) groups excluding carboxylic acids is 1. The zero-order valence-corrected chi connectivity index (χ0v) is 9.27. The average molecular weight is 230 g/mol. The van der Waals surface area contributed by atoms with Crippen molar-refractivity contribution < 1.29 is 14.3 Å². The summed E-state index contributed by atoms with van der Waals surface area (Å²) in [6, 6.07) is 10.2. The number of benzene rings is 2. The highest BCUT2D eigenvalue weighted by molar-refractivity contribution is 6.10. The summed E-state index contributed by atoms with van der Waals surface area (Å²) in [4.78, 5) is 12.0. The van der Waals surface area contributed by atoms with Gasteiger partial charge in [-0.2, -0.15) is 0 Å². The Bertz CT molecular complexity index is 576. The highest BCUT2D eigenvalue weighted by atomic mass is 19.1. The van der Waals surface area contributed by atoms with Gasteiger partial charge in [0, 0.05) is 5.56 Å². The molecule has 0 fully saturated rings. The van der Waals surface area contributed by atoms with Gasteiger partial charge in [-0.15, -0.1) is 0 Å². The van der Waals surface area contributed by atoms with Gasteiger partial charge in [0.15, 0.2) is 5.78 Å². The van der Waals surface area contributed by atoms with Crippen LogP contribution in [0.5, 0.6) is 5.75 Å². The first kappa shape index (κ1) is 11.3. The fourth-order valence-corrected chi connectivity index (χ4v) is 1.62. The SMILES string of the molecule is Cc1ccc(O)c(C(=O)c2cccc(F)c2)c1. The van der Waals surface area contributed by atoms with Crippen molar-refractivity contribution in [3.8, 4) is 5.75 Å². The third-order valence-corrected chi connectivity index (χ3v) is 2.48. The number of aromatic hydroxyl groups is 1. The highest BCUT2D eigenvalue weighted by Crippen LogP contribution is 2.21. The van der Waals surface area contributed by atoms with Crippen LogP contribution < -0.4 is 0 Å². The largest absolute Gasteiger partial charge is 0.507 e. The van der Waals surface area contributed by atoms with E-state index in [4.69, 9.17) is 0 Å². The summed E-state index contributed by atoms with van der Waals surface area (Å²) < 4.78 is 13.0. The quantitative estimate of drug-likeness (QED) is 0.805. The van der Waals surface area contributed by atoms with E-state index in [-0.39, 0.29) is 22.7 Å². The van der Waals surface area contributed by atoms with E-state index in [1.54, 1.807) is 12.1 Å². The van der Waals surface area contributed by atoms with E-state index in [9.17, 15) is 14.3 Å². The molecule has 1 N–H and O–H groups in total. The summed E-state index contributed by atoms with van der Waals surface area (Å²) in [7, 11) is 0. The number of phenols is 1. The van der Waals surface area contributed by atoms with Gasteiger partial charge in [-0.3, -0.25) is 4.79 Å². The second-order valence-electron chi connectivity index (χ2n) is 3.86. The summed E-state index contributed by atoms with van der Waals surface area (Å²) in [5, 5.41) is 9.62. The minimum atomic E-state index is -0.469. The maximum atomic E-state index is 13.0. The van der Waals surface area contributed by atoms with Crippen molar-refractivity contribution in [2.75, 3.05) is 0 Å². The topological polar surface area (TPSA) is 37.3 Å². The first-order valence-electron chi connectivity index (χ1n) is 5.18. The Hall–Kier alpha value is -2.16. The Morgan fingerprint density at radius 2 is 1.94 bits per heavy atom. The van der Waals surface area contributed by atoms with Gasteiger partial charge >= 0.3 is 0 Å². The first-order chi connectivity index (χ1) is 8.08. The van der Waals surface area contributed by atoms with Crippen LogP contribution in [0.4, 0.5) is 4.39 Å². The van der Waals surface area contributed by atoms with Crippen LogP contribution in [-0.2, 0) is 0 Å². The maximum Gasteiger partial charge on any atom is 0.196 e. The molecule has 2 aromatic rings. The molecule has 2 rings (SSSR count). The normalized spacial score (nSPS) is 10.2. The van der Waals surface area contributed by atoms with Crippen LogP contribution in [0, 0.1) is 12.7 Å². The molecule has 3 heteroatoms. The molecule has 0 saturated carbocycles. The molecule has 0 radical (unpaired) electrons. The lowest BCUT2D eigenvalue weighted by atomic mass is 10.0. The van der Waals surface area contributed by atoms with Crippen LogP contribution >= 0.6 is 0 Å². The molecule has 0 aliphatic rings. The summed E-state index contributed by atoms with van der Waals surface area (Å²) in [6.45, 7) is 1.82. The van der Waals surface area contributed by atoms with E-state index in [1.165, 1.54) is 24.3 Å². The Balaban J connectivity index is 2.47.